The Balaban J connectivity index is 2.26. The molecule has 0 aliphatic heterocycles. The molecule has 1 saturated carbocycles. The summed E-state index contributed by atoms with van der Waals surface area (Å²) in [5.74, 6) is 0.168. The predicted octanol–water partition coefficient (Wildman–Crippen LogP) is 2.31. The van der Waals surface area contributed by atoms with Gasteiger partial charge in [0.15, 0.2) is 0 Å². The Kier molecular flexibility index (Phi) is 4.82. The molecular formula is C12H20O3. The molecule has 0 bridgehead atoms. The number of carbonyl (C=O) groups is 1. The van der Waals surface area contributed by atoms with Crippen molar-refractivity contribution in [2.45, 2.75) is 38.7 Å². The Morgan fingerprint density at radius 3 is 2.80 bits per heavy atom. The van der Waals surface area contributed by atoms with Crippen molar-refractivity contribution in [3.05, 3.63) is 12.2 Å². The first-order valence-electron chi connectivity index (χ1n) is 5.49. The van der Waals surface area contributed by atoms with Crippen LogP contribution in [-0.2, 0) is 14.3 Å². The van der Waals surface area contributed by atoms with E-state index in [1.165, 1.54) is 0 Å². The topological polar surface area (TPSA) is 35.5 Å². The summed E-state index contributed by atoms with van der Waals surface area (Å²) >= 11 is 0. The van der Waals surface area contributed by atoms with E-state index in [9.17, 15) is 4.79 Å². The minimum atomic E-state index is -0.283. The standard InChI is InChI=1S/C12H20O3/c1-9(2)12(13)15-8-10-5-4-6-11(7-10)14-3/h10-11H,1,4-8H2,2-3H3. The van der Waals surface area contributed by atoms with Crippen molar-refractivity contribution in [3.8, 4) is 0 Å². The lowest BCUT2D eigenvalue weighted by Crippen LogP contribution is -2.25. The Hall–Kier alpha value is -0.830. The van der Waals surface area contributed by atoms with Gasteiger partial charge < -0.3 is 9.47 Å². The lowest BCUT2D eigenvalue weighted by atomic mass is 9.88. The second-order valence-electron chi connectivity index (χ2n) is 4.27. The van der Waals surface area contributed by atoms with Crippen molar-refractivity contribution >= 4 is 5.97 Å². The fourth-order valence-electron chi connectivity index (χ4n) is 1.92. The van der Waals surface area contributed by atoms with E-state index < -0.39 is 0 Å². The van der Waals surface area contributed by atoms with E-state index in [0.29, 0.717) is 24.2 Å². The highest BCUT2D eigenvalue weighted by Gasteiger charge is 2.22. The fraction of sp³-hybridized carbons (Fsp3) is 0.750. The maximum absolute atomic E-state index is 11.2. The fourth-order valence-corrected chi connectivity index (χ4v) is 1.92. The van der Waals surface area contributed by atoms with Crippen LogP contribution >= 0.6 is 0 Å². The van der Waals surface area contributed by atoms with Crippen LogP contribution in [0.1, 0.15) is 32.6 Å². The van der Waals surface area contributed by atoms with Crippen LogP contribution in [0.25, 0.3) is 0 Å². The minimum Gasteiger partial charge on any atom is -0.462 e. The highest BCUT2D eigenvalue weighted by Crippen LogP contribution is 2.26. The summed E-state index contributed by atoms with van der Waals surface area (Å²) in [5, 5.41) is 0. The van der Waals surface area contributed by atoms with Crippen molar-refractivity contribution < 1.29 is 14.3 Å². The molecule has 86 valence electrons. The van der Waals surface area contributed by atoms with Gasteiger partial charge in [0.1, 0.15) is 0 Å². The maximum atomic E-state index is 11.2. The van der Waals surface area contributed by atoms with E-state index in [1.54, 1.807) is 14.0 Å². The van der Waals surface area contributed by atoms with Crippen LogP contribution < -0.4 is 0 Å². The summed E-state index contributed by atoms with van der Waals surface area (Å²) in [6.07, 6.45) is 4.76. The van der Waals surface area contributed by atoms with Gasteiger partial charge in [-0.2, -0.15) is 0 Å². The first kappa shape index (κ1) is 12.2. The van der Waals surface area contributed by atoms with Crippen LogP contribution in [0.5, 0.6) is 0 Å². The third-order valence-electron chi connectivity index (χ3n) is 2.87. The van der Waals surface area contributed by atoms with Crippen LogP contribution in [0.2, 0.25) is 0 Å². The van der Waals surface area contributed by atoms with Gasteiger partial charge >= 0.3 is 5.97 Å². The van der Waals surface area contributed by atoms with E-state index >= 15 is 0 Å². The Morgan fingerprint density at radius 1 is 1.47 bits per heavy atom. The largest absolute Gasteiger partial charge is 0.462 e. The van der Waals surface area contributed by atoms with Gasteiger partial charge in [-0.1, -0.05) is 13.0 Å². The first-order valence-corrected chi connectivity index (χ1v) is 5.49. The number of rotatable bonds is 4. The third kappa shape index (κ3) is 4.04. The lowest BCUT2D eigenvalue weighted by Gasteiger charge is -2.27. The number of hydrogen-bond donors (Lipinski definition) is 0. The maximum Gasteiger partial charge on any atom is 0.333 e. The monoisotopic (exact) mass is 212 g/mol. The molecule has 1 aliphatic rings. The molecule has 2 atom stereocenters. The van der Waals surface area contributed by atoms with Crippen LogP contribution in [0, 0.1) is 5.92 Å². The molecule has 15 heavy (non-hydrogen) atoms. The summed E-state index contributed by atoms with van der Waals surface area (Å²) in [6, 6.07) is 0. The summed E-state index contributed by atoms with van der Waals surface area (Å²) in [7, 11) is 1.74. The van der Waals surface area contributed by atoms with E-state index in [-0.39, 0.29) is 5.97 Å². The van der Waals surface area contributed by atoms with Gasteiger partial charge in [0, 0.05) is 12.7 Å². The average Bonchev–Trinajstić information content (AvgIpc) is 2.26. The van der Waals surface area contributed by atoms with E-state index in [2.05, 4.69) is 6.58 Å². The zero-order valence-electron chi connectivity index (χ0n) is 9.62. The van der Waals surface area contributed by atoms with Crippen LogP contribution in [0.3, 0.4) is 0 Å². The average molecular weight is 212 g/mol. The highest BCUT2D eigenvalue weighted by atomic mass is 16.5. The molecule has 0 radical (unpaired) electrons. The van der Waals surface area contributed by atoms with Gasteiger partial charge in [-0.3, -0.25) is 0 Å². The number of esters is 1. The van der Waals surface area contributed by atoms with Crippen molar-refractivity contribution in [1.29, 1.82) is 0 Å². The Bertz CT molecular complexity index is 235. The molecule has 1 rings (SSSR count). The molecule has 0 aromatic carbocycles. The second-order valence-corrected chi connectivity index (χ2v) is 4.27. The summed E-state index contributed by atoms with van der Waals surface area (Å²) < 4.78 is 10.5. The number of hydrogen-bond acceptors (Lipinski definition) is 3. The summed E-state index contributed by atoms with van der Waals surface area (Å²) in [4.78, 5) is 11.2. The van der Waals surface area contributed by atoms with Crippen molar-refractivity contribution in [3.63, 3.8) is 0 Å². The predicted molar refractivity (Wildman–Crippen MR) is 58.5 cm³/mol. The molecule has 3 nitrogen and oxygen atoms in total. The molecule has 0 aromatic heterocycles. The Morgan fingerprint density at radius 2 is 2.20 bits per heavy atom. The zero-order valence-corrected chi connectivity index (χ0v) is 9.62. The molecule has 3 heteroatoms. The molecule has 0 N–H and O–H groups in total. The molecule has 0 heterocycles. The van der Waals surface area contributed by atoms with E-state index in [1.807, 2.05) is 0 Å². The van der Waals surface area contributed by atoms with Gasteiger partial charge in [0.2, 0.25) is 0 Å². The second kappa shape index (κ2) is 5.91. The van der Waals surface area contributed by atoms with E-state index in [4.69, 9.17) is 9.47 Å². The SMILES string of the molecule is C=C(C)C(=O)OCC1CCCC(OC)C1. The van der Waals surface area contributed by atoms with E-state index in [0.717, 1.165) is 25.7 Å². The van der Waals surface area contributed by atoms with Gasteiger partial charge in [0.05, 0.1) is 12.7 Å². The molecule has 1 fully saturated rings. The molecule has 0 aromatic rings. The Labute approximate surface area is 91.4 Å². The summed E-state index contributed by atoms with van der Waals surface area (Å²) in [6.45, 7) is 5.72. The lowest BCUT2D eigenvalue weighted by molar-refractivity contribution is -0.141. The minimum absolute atomic E-state index is 0.283. The van der Waals surface area contributed by atoms with Gasteiger partial charge in [0.25, 0.3) is 0 Å². The third-order valence-corrected chi connectivity index (χ3v) is 2.87. The molecular weight excluding hydrogens is 192 g/mol. The summed E-state index contributed by atoms with van der Waals surface area (Å²) in [5.41, 5.74) is 0.467. The first-order chi connectivity index (χ1) is 7.13. The zero-order chi connectivity index (χ0) is 11.3. The van der Waals surface area contributed by atoms with Gasteiger partial charge in [-0.05, 0) is 32.1 Å². The molecule has 1 aliphatic carbocycles. The number of ether oxygens (including phenoxy) is 2. The van der Waals surface area contributed by atoms with Crippen LogP contribution in [-0.4, -0.2) is 25.8 Å². The normalized spacial score (nSPS) is 26.0. The van der Waals surface area contributed by atoms with Crippen molar-refractivity contribution in [2.24, 2.45) is 5.92 Å². The van der Waals surface area contributed by atoms with Crippen molar-refractivity contribution in [1.82, 2.24) is 0 Å². The van der Waals surface area contributed by atoms with Crippen molar-refractivity contribution in [2.75, 3.05) is 13.7 Å². The van der Waals surface area contributed by atoms with Crippen LogP contribution in [0.15, 0.2) is 12.2 Å². The molecule has 0 saturated heterocycles. The van der Waals surface area contributed by atoms with Crippen LogP contribution in [0.4, 0.5) is 0 Å². The molecule has 0 spiro atoms. The van der Waals surface area contributed by atoms with Gasteiger partial charge in [-0.15, -0.1) is 0 Å². The number of carbonyl (C=O) groups excluding carboxylic acids is 1. The number of methoxy groups -OCH3 is 1. The smallest absolute Gasteiger partial charge is 0.333 e. The molecule has 2 unspecified atom stereocenters. The molecule has 0 amide bonds. The van der Waals surface area contributed by atoms with Gasteiger partial charge in [-0.25, -0.2) is 4.79 Å². The highest BCUT2D eigenvalue weighted by molar-refractivity contribution is 5.86. The quantitative estimate of drug-likeness (QED) is 0.530.